The number of amides is 1. The first-order valence-corrected chi connectivity index (χ1v) is 6.28. The largest absolute Gasteiger partial charge is 0.337 e. The topological polar surface area (TPSA) is 32.3 Å². The van der Waals surface area contributed by atoms with Crippen LogP contribution < -0.4 is 5.32 Å². The van der Waals surface area contributed by atoms with Gasteiger partial charge in [0.05, 0.1) is 0 Å². The molecule has 1 atom stereocenters. The molecule has 1 N–H and O–H groups in total. The minimum Gasteiger partial charge on any atom is -0.337 e. The summed E-state index contributed by atoms with van der Waals surface area (Å²) in [5, 5.41) is 3.44. The van der Waals surface area contributed by atoms with Crippen LogP contribution in [0.15, 0.2) is 12.2 Å². The van der Waals surface area contributed by atoms with Gasteiger partial charge in [0.1, 0.15) is 0 Å². The van der Waals surface area contributed by atoms with Crippen molar-refractivity contribution >= 4 is 5.91 Å². The summed E-state index contributed by atoms with van der Waals surface area (Å²) >= 11 is 0. The van der Waals surface area contributed by atoms with Gasteiger partial charge in [-0.2, -0.15) is 0 Å². The van der Waals surface area contributed by atoms with Crippen molar-refractivity contribution in [3.8, 4) is 0 Å². The summed E-state index contributed by atoms with van der Waals surface area (Å²) in [5.74, 6) is 0.667. The lowest BCUT2D eigenvalue weighted by atomic mass is 10.1. The van der Waals surface area contributed by atoms with Crippen molar-refractivity contribution in [2.45, 2.75) is 39.7 Å². The number of hydrogen-bond acceptors (Lipinski definition) is 2. The van der Waals surface area contributed by atoms with Crippen LogP contribution in [0.25, 0.3) is 0 Å². The van der Waals surface area contributed by atoms with Gasteiger partial charge in [-0.3, -0.25) is 4.79 Å². The lowest BCUT2D eigenvalue weighted by Gasteiger charge is -2.26. The molecule has 1 unspecified atom stereocenters. The van der Waals surface area contributed by atoms with Crippen molar-refractivity contribution in [1.82, 2.24) is 10.2 Å². The number of hydrogen-bond donors (Lipinski definition) is 1. The summed E-state index contributed by atoms with van der Waals surface area (Å²) in [6.45, 7) is 8.98. The Labute approximate surface area is 98.9 Å². The summed E-state index contributed by atoms with van der Waals surface area (Å²) in [6.07, 6.45) is 5.91. The quantitative estimate of drug-likeness (QED) is 0.722. The van der Waals surface area contributed by atoms with E-state index >= 15 is 0 Å². The molecule has 0 radical (unpaired) electrons. The second-order valence-corrected chi connectivity index (χ2v) is 4.93. The second-order valence-electron chi connectivity index (χ2n) is 4.93. The molecule has 1 aliphatic rings. The Morgan fingerprint density at radius 1 is 1.56 bits per heavy atom. The van der Waals surface area contributed by atoms with Crippen LogP contribution in [0.3, 0.4) is 0 Å². The number of allylic oxidation sites excluding steroid dienone is 1. The maximum Gasteiger partial charge on any atom is 0.246 e. The molecule has 1 heterocycles. The minimum atomic E-state index is 0.143. The van der Waals surface area contributed by atoms with E-state index in [1.807, 2.05) is 17.9 Å². The normalized spacial score (nSPS) is 20.9. The molecule has 0 aromatic carbocycles. The standard InChI is InChI=1S/C13H24N2O/c1-4-6-13(16)15(9-11(2)3)10-12-7-5-8-14-12/h4,6,11-12,14H,5,7-10H2,1-3H3/b6-4+. The van der Waals surface area contributed by atoms with Gasteiger partial charge in [-0.05, 0) is 38.3 Å². The van der Waals surface area contributed by atoms with Crippen molar-refractivity contribution < 1.29 is 4.79 Å². The predicted octanol–water partition coefficient (Wildman–Crippen LogP) is 1.80. The zero-order valence-electron chi connectivity index (χ0n) is 10.7. The first kappa shape index (κ1) is 13.2. The minimum absolute atomic E-state index is 0.143. The Bertz CT molecular complexity index is 242. The molecular weight excluding hydrogens is 200 g/mol. The number of carbonyl (C=O) groups is 1. The Hall–Kier alpha value is -0.830. The van der Waals surface area contributed by atoms with Crippen LogP contribution in [-0.2, 0) is 4.79 Å². The van der Waals surface area contributed by atoms with Crippen molar-refractivity contribution in [3.05, 3.63) is 12.2 Å². The predicted molar refractivity (Wildman–Crippen MR) is 67.3 cm³/mol. The van der Waals surface area contributed by atoms with E-state index < -0.39 is 0 Å². The number of nitrogens with zero attached hydrogens (tertiary/aromatic N) is 1. The zero-order chi connectivity index (χ0) is 12.0. The molecule has 92 valence electrons. The third kappa shape index (κ3) is 4.35. The van der Waals surface area contributed by atoms with Gasteiger partial charge in [-0.1, -0.05) is 19.9 Å². The smallest absolute Gasteiger partial charge is 0.246 e. The lowest BCUT2D eigenvalue weighted by molar-refractivity contribution is -0.126. The summed E-state index contributed by atoms with van der Waals surface area (Å²) < 4.78 is 0. The van der Waals surface area contributed by atoms with Crippen LogP contribution in [-0.4, -0.2) is 36.5 Å². The van der Waals surface area contributed by atoms with E-state index in [1.165, 1.54) is 12.8 Å². The highest BCUT2D eigenvalue weighted by atomic mass is 16.2. The van der Waals surface area contributed by atoms with Crippen LogP contribution in [0, 0.1) is 5.92 Å². The number of nitrogens with one attached hydrogen (secondary N) is 1. The SMILES string of the molecule is C/C=C/C(=O)N(CC(C)C)CC1CCCN1. The summed E-state index contributed by atoms with van der Waals surface area (Å²) in [4.78, 5) is 13.8. The molecular formula is C13H24N2O. The van der Waals surface area contributed by atoms with Crippen LogP contribution in [0.1, 0.15) is 33.6 Å². The van der Waals surface area contributed by atoms with E-state index in [4.69, 9.17) is 0 Å². The molecule has 0 bridgehead atoms. The van der Waals surface area contributed by atoms with E-state index in [2.05, 4.69) is 19.2 Å². The highest BCUT2D eigenvalue weighted by molar-refractivity contribution is 5.87. The molecule has 0 aliphatic carbocycles. The third-order valence-corrected chi connectivity index (χ3v) is 2.81. The molecule has 1 saturated heterocycles. The number of rotatable bonds is 5. The molecule has 0 aromatic heterocycles. The average molecular weight is 224 g/mol. The molecule has 1 rings (SSSR count). The molecule has 0 aromatic rings. The van der Waals surface area contributed by atoms with Gasteiger partial charge in [0, 0.05) is 19.1 Å². The van der Waals surface area contributed by atoms with Crippen LogP contribution in [0.4, 0.5) is 0 Å². The van der Waals surface area contributed by atoms with E-state index in [-0.39, 0.29) is 5.91 Å². The fourth-order valence-corrected chi connectivity index (χ4v) is 2.12. The molecule has 1 amide bonds. The second kappa shape index (κ2) is 6.69. The van der Waals surface area contributed by atoms with Crippen molar-refractivity contribution in [2.24, 2.45) is 5.92 Å². The van der Waals surface area contributed by atoms with Gasteiger partial charge < -0.3 is 10.2 Å². The first-order valence-electron chi connectivity index (χ1n) is 6.28. The lowest BCUT2D eigenvalue weighted by Crippen LogP contribution is -2.42. The van der Waals surface area contributed by atoms with Gasteiger partial charge in [0.25, 0.3) is 0 Å². The fraction of sp³-hybridized carbons (Fsp3) is 0.769. The molecule has 0 spiro atoms. The monoisotopic (exact) mass is 224 g/mol. The average Bonchev–Trinajstić information content (AvgIpc) is 2.69. The Kier molecular flexibility index (Phi) is 5.53. The maximum absolute atomic E-state index is 11.9. The van der Waals surface area contributed by atoms with Gasteiger partial charge in [-0.15, -0.1) is 0 Å². The molecule has 16 heavy (non-hydrogen) atoms. The van der Waals surface area contributed by atoms with Crippen LogP contribution in [0.2, 0.25) is 0 Å². The van der Waals surface area contributed by atoms with Crippen molar-refractivity contribution in [3.63, 3.8) is 0 Å². The number of carbonyl (C=O) groups excluding carboxylic acids is 1. The Morgan fingerprint density at radius 2 is 2.31 bits per heavy atom. The first-order chi connectivity index (χ1) is 7.63. The van der Waals surface area contributed by atoms with E-state index in [1.54, 1.807) is 6.08 Å². The van der Waals surface area contributed by atoms with E-state index in [9.17, 15) is 4.79 Å². The van der Waals surface area contributed by atoms with Gasteiger partial charge >= 0.3 is 0 Å². The van der Waals surface area contributed by atoms with Gasteiger partial charge in [0.2, 0.25) is 5.91 Å². The summed E-state index contributed by atoms with van der Waals surface area (Å²) in [7, 11) is 0. The highest BCUT2D eigenvalue weighted by Crippen LogP contribution is 2.09. The van der Waals surface area contributed by atoms with Crippen LogP contribution >= 0.6 is 0 Å². The Morgan fingerprint density at radius 3 is 2.81 bits per heavy atom. The van der Waals surface area contributed by atoms with E-state index in [0.29, 0.717) is 12.0 Å². The van der Waals surface area contributed by atoms with Crippen LogP contribution in [0.5, 0.6) is 0 Å². The van der Waals surface area contributed by atoms with Crippen molar-refractivity contribution in [1.29, 1.82) is 0 Å². The molecule has 1 aliphatic heterocycles. The zero-order valence-corrected chi connectivity index (χ0v) is 10.7. The molecule has 0 saturated carbocycles. The molecule has 3 nitrogen and oxygen atoms in total. The third-order valence-electron chi connectivity index (χ3n) is 2.81. The van der Waals surface area contributed by atoms with Crippen molar-refractivity contribution in [2.75, 3.05) is 19.6 Å². The maximum atomic E-state index is 11.9. The fourth-order valence-electron chi connectivity index (χ4n) is 2.12. The van der Waals surface area contributed by atoms with Gasteiger partial charge in [0.15, 0.2) is 0 Å². The molecule has 3 heteroatoms. The molecule has 1 fully saturated rings. The summed E-state index contributed by atoms with van der Waals surface area (Å²) in [5.41, 5.74) is 0. The van der Waals surface area contributed by atoms with Gasteiger partial charge in [-0.25, -0.2) is 0 Å². The summed E-state index contributed by atoms with van der Waals surface area (Å²) in [6, 6.07) is 0.493. The Balaban J connectivity index is 2.51. The van der Waals surface area contributed by atoms with E-state index in [0.717, 1.165) is 19.6 Å². The highest BCUT2D eigenvalue weighted by Gasteiger charge is 2.20.